The Labute approximate surface area is 172 Å². The summed E-state index contributed by atoms with van der Waals surface area (Å²) >= 11 is 0. The molecule has 29 heavy (non-hydrogen) atoms. The normalized spacial score (nSPS) is 17.5. The lowest BCUT2D eigenvalue weighted by Gasteiger charge is -2.40. The van der Waals surface area contributed by atoms with Crippen LogP contribution in [0.2, 0.25) is 0 Å². The van der Waals surface area contributed by atoms with Crippen LogP contribution in [0.15, 0.2) is 52.3 Å². The number of nitrogens with one attached hydrogen (secondary N) is 1. The van der Waals surface area contributed by atoms with E-state index in [4.69, 9.17) is 9.26 Å². The number of hydrogen-bond acceptors (Lipinski definition) is 7. The summed E-state index contributed by atoms with van der Waals surface area (Å²) < 4.78 is 11.1. The lowest BCUT2D eigenvalue weighted by atomic mass is 10.1. The second-order valence-electron chi connectivity index (χ2n) is 7.45. The van der Waals surface area contributed by atoms with E-state index in [2.05, 4.69) is 44.9 Å². The Kier molecular flexibility index (Phi) is 6.14. The summed E-state index contributed by atoms with van der Waals surface area (Å²) in [5, 5.41) is 8.56. The number of piperidine rings is 1. The fourth-order valence-electron chi connectivity index (χ4n) is 3.65. The highest BCUT2D eigenvalue weighted by atomic mass is 16.5. The highest BCUT2D eigenvalue weighted by molar-refractivity contribution is 5.55. The monoisotopic (exact) mass is 395 g/mol. The molecule has 2 aliphatic rings. The third-order valence-electron chi connectivity index (χ3n) is 5.26. The average Bonchev–Trinajstić information content (AvgIpc) is 3.24. The molecule has 0 radical (unpaired) electrons. The Bertz CT molecular complexity index is 866. The van der Waals surface area contributed by atoms with Crippen molar-refractivity contribution < 1.29 is 9.26 Å². The summed E-state index contributed by atoms with van der Waals surface area (Å²) in [4.78, 5) is 4.35. The SMILES string of the molecule is CCc1nc(-c2ccc(OCCC3=CNN(N4CCCCC4)C(C)=C3)cc2)no1. The van der Waals surface area contributed by atoms with E-state index < -0.39 is 0 Å². The number of nitrogens with zero attached hydrogens (tertiary/aromatic N) is 4. The molecule has 0 atom stereocenters. The second-order valence-corrected chi connectivity index (χ2v) is 7.45. The summed E-state index contributed by atoms with van der Waals surface area (Å²) in [6.45, 7) is 7.00. The van der Waals surface area contributed by atoms with Crippen molar-refractivity contribution in [1.82, 2.24) is 25.7 Å². The van der Waals surface area contributed by atoms with Crippen LogP contribution in [0.1, 0.15) is 45.4 Å². The molecule has 0 amide bonds. The molecule has 7 nitrogen and oxygen atoms in total. The number of aromatic nitrogens is 2. The number of benzene rings is 1. The van der Waals surface area contributed by atoms with Gasteiger partial charge >= 0.3 is 0 Å². The van der Waals surface area contributed by atoms with Gasteiger partial charge in [0.1, 0.15) is 5.75 Å². The summed E-state index contributed by atoms with van der Waals surface area (Å²) in [5.74, 6) is 2.11. The molecular weight excluding hydrogens is 366 g/mol. The summed E-state index contributed by atoms with van der Waals surface area (Å²) in [5.41, 5.74) is 6.81. The van der Waals surface area contributed by atoms with E-state index in [0.29, 0.717) is 18.3 Å². The minimum absolute atomic E-state index is 0.616. The number of rotatable bonds is 7. The van der Waals surface area contributed by atoms with Crippen molar-refractivity contribution in [1.29, 1.82) is 0 Å². The van der Waals surface area contributed by atoms with Crippen LogP contribution in [0.5, 0.6) is 5.75 Å². The molecule has 3 heterocycles. The Morgan fingerprint density at radius 3 is 2.62 bits per heavy atom. The zero-order valence-corrected chi connectivity index (χ0v) is 17.2. The van der Waals surface area contributed by atoms with Gasteiger partial charge in [0.05, 0.1) is 12.3 Å². The molecule has 154 valence electrons. The first-order valence-corrected chi connectivity index (χ1v) is 10.5. The van der Waals surface area contributed by atoms with Gasteiger partial charge in [-0.3, -0.25) is 5.43 Å². The maximum Gasteiger partial charge on any atom is 0.226 e. The Balaban J connectivity index is 1.26. The van der Waals surface area contributed by atoms with Crippen LogP contribution in [0.4, 0.5) is 0 Å². The number of ether oxygens (including phenoxy) is 1. The molecule has 0 bridgehead atoms. The van der Waals surface area contributed by atoms with Crippen molar-refractivity contribution in [3.8, 4) is 17.1 Å². The molecular formula is C22H29N5O2. The second kappa shape index (κ2) is 9.13. The van der Waals surface area contributed by atoms with Gasteiger partial charge in [0.2, 0.25) is 11.7 Å². The summed E-state index contributed by atoms with van der Waals surface area (Å²) in [6, 6.07) is 7.82. The van der Waals surface area contributed by atoms with E-state index in [9.17, 15) is 0 Å². The van der Waals surface area contributed by atoms with Crippen molar-refractivity contribution in [2.45, 2.75) is 46.0 Å². The lowest BCUT2D eigenvalue weighted by Crippen LogP contribution is -2.51. The zero-order chi connectivity index (χ0) is 20.1. The smallest absolute Gasteiger partial charge is 0.226 e. The topological polar surface area (TPSA) is 66.7 Å². The fraction of sp³-hybridized carbons (Fsp3) is 0.455. The number of hydrogen-bond donors (Lipinski definition) is 1. The van der Waals surface area contributed by atoms with Gasteiger partial charge in [0.15, 0.2) is 0 Å². The van der Waals surface area contributed by atoms with Crippen molar-refractivity contribution in [3.05, 3.63) is 53.7 Å². The van der Waals surface area contributed by atoms with Crippen LogP contribution < -0.4 is 10.2 Å². The predicted octanol–water partition coefficient (Wildman–Crippen LogP) is 4.08. The highest BCUT2D eigenvalue weighted by Gasteiger charge is 2.20. The van der Waals surface area contributed by atoms with E-state index >= 15 is 0 Å². The molecule has 0 spiro atoms. The van der Waals surface area contributed by atoms with Crippen LogP contribution in [0.3, 0.4) is 0 Å². The average molecular weight is 396 g/mol. The molecule has 1 saturated heterocycles. The van der Waals surface area contributed by atoms with Crippen molar-refractivity contribution in [3.63, 3.8) is 0 Å². The molecule has 1 N–H and O–H groups in total. The molecule has 7 heteroatoms. The van der Waals surface area contributed by atoms with Crippen LogP contribution in [-0.2, 0) is 6.42 Å². The first-order valence-electron chi connectivity index (χ1n) is 10.5. The zero-order valence-electron chi connectivity index (χ0n) is 17.2. The predicted molar refractivity (Wildman–Crippen MR) is 111 cm³/mol. The third kappa shape index (κ3) is 4.79. The Morgan fingerprint density at radius 1 is 1.14 bits per heavy atom. The molecule has 2 aromatic rings. The molecule has 4 rings (SSSR count). The molecule has 2 aliphatic heterocycles. The molecule has 1 aromatic heterocycles. The fourth-order valence-corrected chi connectivity index (χ4v) is 3.65. The van der Waals surface area contributed by atoms with E-state index in [1.165, 1.54) is 30.5 Å². The van der Waals surface area contributed by atoms with Crippen LogP contribution in [0, 0.1) is 0 Å². The first-order chi connectivity index (χ1) is 14.2. The number of allylic oxidation sites excluding steroid dienone is 2. The Hall–Kier alpha value is -2.80. The van der Waals surface area contributed by atoms with E-state index in [1.54, 1.807) is 0 Å². The van der Waals surface area contributed by atoms with Gasteiger partial charge in [-0.2, -0.15) is 4.98 Å². The molecule has 0 unspecified atom stereocenters. The molecule has 0 saturated carbocycles. The maximum absolute atomic E-state index is 5.92. The van der Waals surface area contributed by atoms with Gasteiger partial charge in [-0.1, -0.05) is 18.5 Å². The van der Waals surface area contributed by atoms with Gasteiger partial charge in [0.25, 0.3) is 0 Å². The largest absolute Gasteiger partial charge is 0.493 e. The molecule has 0 aliphatic carbocycles. The van der Waals surface area contributed by atoms with Crippen LogP contribution in [-0.4, -0.2) is 40.0 Å². The van der Waals surface area contributed by atoms with Gasteiger partial charge < -0.3 is 9.26 Å². The molecule has 1 fully saturated rings. The lowest BCUT2D eigenvalue weighted by molar-refractivity contribution is -0.0394. The van der Waals surface area contributed by atoms with E-state index in [1.807, 2.05) is 31.2 Å². The minimum Gasteiger partial charge on any atom is -0.493 e. The highest BCUT2D eigenvalue weighted by Crippen LogP contribution is 2.22. The van der Waals surface area contributed by atoms with Crippen molar-refractivity contribution in [2.75, 3.05) is 19.7 Å². The van der Waals surface area contributed by atoms with Gasteiger partial charge in [-0.05, 0) is 55.7 Å². The number of aryl methyl sites for hydroxylation is 1. The summed E-state index contributed by atoms with van der Waals surface area (Å²) in [7, 11) is 0. The van der Waals surface area contributed by atoms with Crippen molar-refractivity contribution in [2.24, 2.45) is 0 Å². The van der Waals surface area contributed by atoms with Gasteiger partial charge in [-0.25, -0.2) is 10.1 Å². The van der Waals surface area contributed by atoms with Crippen molar-refractivity contribution >= 4 is 0 Å². The van der Waals surface area contributed by atoms with Gasteiger partial charge in [0, 0.05) is 37.7 Å². The number of hydrazine groups is 2. The van der Waals surface area contributed by atoms with Crippen LogP contribution >= 0.6 is 0 Å². The molecule has 1 aromatic carbocycles. The van der Waals surface area contributed by atoms with Gasteiger partial charge in [-0.15, -0.1) is 0 Å². The van der Waals surface area contributed by atoms with Crippen LogP contribution in [0.25, 0.3) is 11.4 Å². The standard InChI is InChI=1S/C22H29N5O2/c1-3-21-24-22(25-29-21)19-7-9-20(10-8-19)28-14-11-18-15-17(2)27(23-16-18)26-12-5-4-6-13-26/h7-10,15-16,23H,3-6,11-14H2,1-2H3. The van der Waals surface area contributed by atoms with E-state index in [0.717, 1.165) is 37.2 Å². The quantitative estimate of drug-likeness (QED) is 0.758. The Morgan fingerprint density at radius 2 is 1.93 bits per heavy atom. The maximum atomic E-state index is 5.92. The minimum atomic E-state index is 0.616. The third-order valence-corrected chi connectivity index (χ3v) is 5.26. The first kappa shape index (κ1) is 19.5. The summed E-state index contributed by atoms with van der Waals surface area (Å²) in [6.07, 6.45) is 9.77. The van der Waals surface area contributed by atoms with E-state index in [-0.39, 0.29) is 0 Å².